The van der Waals surface area contributed by atoms with Crippen molar-refractivity contribution in [2.75, 3.05) is 0 Å². The van der Waals surface area contributed by atoms with E-state index in [0.29, 0.717) is 0 Å². The van der Waals surface area contributed by atoms with Gasteiger partial charge in [0.2, 0.25) is 0 Å². The van der Waals surface area contributed by atoms with E-state index in [4.69, 9.17) is 10.8 Å². The third kappa shape index (κ3) is 3.98. The van der Waals surface area contributed by atoms with Crippen molar-refractivity contribution in [3.63, 3.8) is 0 Å². The fourth-order valence-electron chi connectivity index (χ4n) is 0.223. The molecule has 0 heterocycles. The summed E-state index contributed by atoms with van der Waals surface area (Å²) in [5, 5.41) is 8.14. The van der Waals surface area contributed by atoms with Gasteiger partial charge in [-0.3, -0.25) is 0 Å². The Morgan fingerprint density at radius 1 is 1.89 bits per heavy atom. The molecule has 0 fully saturated rings. The fraction of sp³-hybridized carbons (Fsp3) is 0.500. The van der Waals surface area contributed by atoms with Crippen LogP contribution in [0.3, 0.4) is 0 Å². The van der Waals surface area contributed by atoms with Crippen molar-refractivity contribution in [1.82, 2.24) is 0 Å². The molecule has 0 amide bonds. The Kier molecular flexibility index (Phi) is 4.06. The van der Waals surface area contributed by atoms with Gasteiger partial charge in [0.25, 0.3) is 0 Å². The van der Waals surface area contributed by atoms with Crippen molar-refractivity contribution < 1.29 is 14.5 Å². The molecule has 0 saturated carbocycles. The van der Waals surface area contributed by atoms with Crippen molar-refractivity contribution in [3.8, 4) is 5.63 Å². The van der Waals surface area contributed by atoms with Gasteiger partial charge >= 0.3 is 52.2 Å². The van der Waals surface area contributed by atoms with Gasteiger partial charge in [-0.25, -0.2) is 0 Å². The second-order valence-electron chi connectivity index (χ2n) is 1.40. The van der Waals surface area contributed by atoms with Crippen LogP contribution in [0.4, 0.5) is 0 Å². The third-order valence-corrected chi connectivity index (χ3v) is 1.00. The molecular formula is C4H6NO3P. The zero-order valence-electron chi connectivity index (χ0n) is 4.57. The molecule has 0 aromatic carbocycles. The van der Waals surface area contributed by atoms with Crippen LogP contribution in [0, 0.1) is 5.63 Å². The van der Waals surface area contributed by atoms with Crippen LogP contribution in [0.1, 0.15) is 6.42 Å². The minimum absolute atomic E-state index is 0.0143. The van der Waals surface area contributed by atoms with E-state index in [-0.39, 0.29) is 14.3 Å². The zero-order valence-corrected chi connectivity index (χ0v) is 5.47. The fourth-order valence-corrected chi connectivity index (χ4v) is 0.494. The first-order valence-corrected chi connectivity index (χ1v) is 3.03. The van der Waals surface area contributed by atoms with Gasteiger partial charge in [-0.2, -0.15) is 0 Å². The monoisotopic (exact) mass is 147 g/mol. The Labute approximate surface area is 53.2 Å². The molecule has 0 aromatic rings. The summed E-state index contributed by atoms with van der Waals surface area (Å²) in [4.78, 5) is 9.94. The summed E-state index contributed by atoms with van der Waals surface area (Å²) in [5.74, 6) is -1.11. The van der Waals surface area contributed by atoms with Gasteiger partial charge in [0.15, 0.2) is 0 Å². The van der Waals surface area contributed by atoms with Crippen molar-refractivity contribution in [2.45, 2.75) is 12.5 Å². The Morgan fingerprint density at radius 2 is 2.44 bits per heavy atom. The average Bonchev–Trinajstić information content (AvgIpc) is 1.82. The molecule has 0 aromatic heterocycles. The maximum absolute atomic E-state index is 9.94. The summed E-state index contributed by atoms with van der Waals surface area (Å²) in [6, 6.07) is -0.980. The van der Waals surface area contributed by atoms with Crippen LogP contribution in [0.5, 0.6) is 0 Å². The Hall–Kier alpha value is -0.560. The second kappa shape index (κ2) is 4.33. The summed E-state index contributed by atoms with van der Waals surface area (Å²) in [5.41, 5.74) is 7.24. The first-order chi connectivity index (χ1) is 4.18. The van der Waals surface area contributed by atoms with Crippen LogP contribution in [0.15, 0.2) is 0 Å². The summed E-state index contributed by atoms with van der Waals surface area (Å²) in [6.07, 6.45) is 0.0143. The molecule has 50 valence electrons. The SMILES string of the molecule is N[C@@H](CC#P=O)C(=O)O. The molecule has 0 aliphatic carbocycles. The van der Waals surface area contributed by atoms with Gasteiger partial charge in [-0.05, 0) is 0 Å². The summed E-state index contributed by atoms with van der Waals surface area (Å²) in [7, 11) is -0.298. The number of aliphatic carboxylic acids is 1. The Balaban J connectivity index is 3.72. The van der Waals surface area contributed by atoms with Crippen LogP contribution in [0.25, 0.3) is 0 Å². The number of nitrogens with two attached hydrogens (primary N) is 1. The number of carboxylic acid groups (broad SMARTS) is 1. The van der Waals surface area contributed by atoms with E-state index >= 15 is 0 Å². The molecular weight excluding hydrogens is 141 g/mol. The molecule has 0 aliphatic rings. The van der Waals surface area contributed by atoms with Crippen LogP contribution in [-0.4, -0.2) is 17.1 Å². The van der Waals surface area contributed by atoms with Gasteiger partial charge in [0.05, 0.1) is 0 Å². The van der Waals surface area contributed by atoms with Crippen molar-refractivity contribution in [1.29, 1.82) is 0 Å². The molecule has 0 rings (SSSR count). The summed E-state index contributed by atoms with van der Waals surface area (Å²) < 4.78 is 9.67. The predicted molar refractivity (Wildman–Crippen MR) is 31.7 cm³/mol. The molecule has 0 saturated heterocycles. The number of hydrogen-bond donors (Lipinski definition) is 2. The summed E-state index contributed by atoms with van der Waals surface area (Å²) in [6.45, 7) is 0. The van der Waals surface area contributed by atoms with Gasteiger partial charge in [0, 0.05) is 0 Å². The van der Waals surface area contributed by atoms with Gasteiger partial charge in [0.1, 0.15) is 0 Å². The third-order valence-electron chi connectivity index (χ3n) is 0.693. The predicted octanol–water partition coefficient (Wildman–Crippen LogP) is 0.0393. The van der Waals surface area contributed by atoms with Crippen molar-refractivity contribution >= 4 is 13.9 Å². The maximum atomic E-state index is 9.94. The first-order valence-electron chi connectivity index (χ1n) is 2.22. The van der Waals surface area contributed by atoms with E-state index in [1.165, 1.54) is 0 Å². The first kappa shape index (κ1) is 8.44. The van der Waals surface area contributed by atoms with E-state index < -0.39 is 12.0 Å². The molecule has 9 heavy (non-hydrogen) atoms. The molecule has 4 nitrogen and oxygen atoms in total. The molecule has 3 N–H and O–H groups in total. The molecule has 0 unspecified atom stereocenters. The zero-order chi connectivity index (χ0) is 7.28. The number of hydrogen-bond acceptors (Lipinski definition) is 3. The number of carbonyl (C=O) groups is 1. The van der Waals surface area contributed by atoms with E-state index in [1.807, 2.05) is 0 Å². The topological polar surface area (TPSA) is 80.4 Å². The molecule has 1 atom stereocenters. The van der Waals surface area contributed by atoms with Crippen LogP contribution in [0.2, 0.25) is 0 Å². The van der Waals surface area contributed by atoms with Gasteiger partial charge in [-0.1, -0.05) is 0 Å². The van der Waals surface area contributed by atoms with Crippen molar-refractivity contribution in [2.24, 2.45) is 5.73 Å². The standard InChI is InChI=1S/C4H6NO3P/c5-3(4(6)7)1-2-9-8/h3H,1,5H2,(H,6,7)/t3-/m0/s1. The van der Waals surface area contributed by atoms with Crippen molar-refractivity contribution in [3.05, 3.63) is 0 Å². The van der Waals surface area contributed by atoms with Crippen LogP contribution in [-0.2, 0) is 9.36 Å². The number of rotatable bonds is 2. The molecule has 0 radical (unpaired) electrons. The average molecular weight is 147 g/mol. The van der Waals surface area contributed by atoms with E-state index in [9.17, 15) is 9.36 Å². The Bertz CT molecular complexity index is 195. The second-order valence-corrected chi connectivity index (χ2v) is 1.90. The van der Waals surface area contributed by atoms with E-state index in [1.54, 1.807) is 0 Å². The van der Waals surface area contributed by atoms with Gasteiger partial charge in [-0.15, -0.1) is 0 Å². The van der Waals surface area contributed by atoms with Gasteiger partial charge < -0.3 is 0 Å². The van der Waals surface area contributed by atoms with Crippen LogP contribution >= 0.6 is 7.92 Å². The van der Waals surface area contributed by atoms with E-state index in [2.05, 4.69) is 5.63 Å². The Morgan fingerprint density at radius 3 is 2.78 bits per heavy atom. The quantitative estimate of drug-likeness (QED) is 0.540. The minimum atomic E-state index is -1.11. The molecule has 0 aliphatic heterocycles. The van der Waals surface area contributed by atoms with E-state index in [0.717, 1.165) is 0 Å². The molecule has 5 heteroatoms. The molecule has 0 bridgehead atoms. The summed E-state index contributed by atoms with van der Waals surface area (Å²) >= 11 is 0. The van der Waals surface area contributed by atoms with Crippen LogP contribution < -0.4 is 5.73 Å². The number of carboxylic acids is 1. The normalized spacial score (nSPS) is 11.7. The molecule has 0 spiro atoms.